The van der Waals surface area contributed by atoms with Gasteiger partial charge in [-0.2, -0.15) is 0 Å². The Morgan fingerprint density at radius 1 is 1.15 bits per heavy atom. The van der Waals surface area contributed by atoms with Crippen molar-refractivity contribution in [3.63, 3.8) is 0 Å². The molecule has 2 heterocycles. The molecule has 6 nitrogen and oxygen atoms in total. The van der Waals surface area contributed by atoms with Crippen molar-refractivity contribution in [1.29, 1.82) is 0 Å². The van der Waals surface area contributed by atoms with Gasteiger partial charge < -0.3 is 15.0 Å². The van der Waals surface area contributed by atoms with Crippen LogP contribution in [0.1, 0.15) is 66.2 Å². The number of hydrogen-bond acceptors (Lipinski definition) is 5. The van der Waals surface area contributed by atoms with Crippen molar-refractivity contribution < 1.29 is 19.1 Å². The number of aryl methyl sites for hydroxylation is 1. The first-order valence-electron chi connectivity index (χ1n) is 9.72. The van der Waals surface area contributed by atoms with Crippen LogP contribution in [0.25, 0.3) is 0 Å². The van der Waals surface area contributed by atoms with Crippen LogP contribution in [0.5, 0.6) is 0 Å². The number of hydrogen-bond donors (Lipinski definition) is 1. The number of nitrogens with zero attached hydrogens (tertiary/aromatic N) is 1. The second-order valence-corrected chi connectivity index (χ2v) is 8.81. The predicted octanol–water partition coefficient (Wildman–Crippen LogP) is 3.66. The molecular weight excluding hydrogens is 364 g/mol. The number of rotatable bonds is 4. The van der Waals surface area contributed by atoms with Crippen LogP contribution in [0.2, 0.25) is 0 Å². The number of fused-ring (bicyclic) bond motifs is 1. The maximum Gasteiger partial charge on any atom is 0.341 e. The Kier molecular flexibility index (Phi) is 6.19. The lowest BCUT2D eigenvalue weighted by Gasteiger charge is -2.44. The van der Waals surface area contributed by atoms with Gasteiger partial charge in [-0.25, -0.2) is 4.79 Å². The molecule has 1 aliphatic carbocycles. The van der Waals surface area contributed by atoms with E-state index in [1.54, 1.807) is 0 Å². The van der Waals surface area contributed by atoms with E-state index in [0.29, 0.717) is 22.5 Å². The topological polar surface area (TPSA) is 75.7 Å². The molecule has 3 rings (SSSR count). The molecule has 1 N–H and O–H groups in total. The van der Waals surface area contributed by atoms with Crippen molar-refractivity contribution in [2.24, 2.45) is 5.92 Å². The summed E-state index contributed by atoms with van der Waals surface area (Å²) in [4.78, 5) is 39.6. The molecule has 1 saturated heterocycles. The van der Waals surface area contributed by atoms with Crippen molar-refractivity contribution in [3.8, 4) is 0 Å². The number of esters is 1. The summed E-state index contributed by atoms with van der Waals surface area (Å²) < 4.78 is 5.36. The van der Waals surface area contributed by atoms with Crippen molar-refractivity contribution in [3.05, 3.63) is 16.0 Å². The number of ether oxygens (including phenoxy) is 1. The average Bonchev–Trinajstić information content (AvgIpc) is 2.91. The van der Waals surface area contributed by atoms with Gasteiger partial charge in [0.2, 0.25) is 5.91 Å². The van der Waals surface area contributed by atoms with Gasteiger partial charge in [-0.1, -0.05) is 12.8 Å². The van der Waals surface area contributed by atoms with E-state index in [-0.39, 0.29) is 18.4 Å². The molecule has 2 amide bonds. The Labute approximate surface area is 164 Å². The van der Waals surface area contributed by atoms with Crippen LogP contribution in [-0.4, -0.2) is 41.9 Å². The van der Waals surface area contributed by atoms with Crippen LogP contribution in [0.4, 0.5) is 5.00 Å². The predicted molar refractivity (Wildman–Crippen MR) is 105 cm³/mol. The van der Waals surface area contributed by atoms with Gasteiger partial charge in [0.25, 0.3) is 5.91 Å². The minimum absolute atomic E-state index is 0.106. The average molecular weight is 393 g/mol. The number of nitrogens with one attached hydrogen (secondary N) is 1. The molecule has 2 fully saturated rings. The number of carbonyl (C=O) groups excluding carboxylic acids is 3. The Morgan fingerprint density at radius 2 is 1.85 bits per heavy atom. The third-order valence-electron chi connectivity index (χ3n) is 5.77. The number of piperidine rings is 1. The first kappa shape index (κ1) is 19.9. The molecule has 0 unspecified atom stereocenters. The van der Waals surface area contributed by atoms with Crippen molar-refractivity contribution in [2.45, 2.75) is 65.3 Å². The summed E-state index contributed by atoms with van der Waals surface area (Å²) >= 11 is 1.35. The van der Waals surface area contributed by atoms with Crippen LogP contribution in [0.3, 0.4) is 0 Å². The van der Waals surface area contributed by atoms with Gasteiger partial charge in [-0.3, -0.25) is 9.59 Å². The molecule has 2 aliphatic rings. The Morgan fingerprint density at radius 3 is 2.59 bits per heavy atom. The molecule has 0 radical (unpaired) electrons. The van der Waals surface area contributed by atoms with Gasteiger partial charge in [-0.15, -0.1) is 11.3 Å². The summed E-state index contributed by atoms with van der Waals surface area (Å²) in [6, 6.07) is 0.304. The fourth-order valence-corrected chi connectivity index (χ4v) is 5.43. The Balaban J connectivity index is 1.65. The maximum atomic E-state index is 12.7. The highest BCUT2D eigenvalue weighted by atomic mass is 32.1. The fraction of sp³-hybridized carbons (Fsp3) is 0.650. The number of thiophene rings is 1. The largest absolute Gasteiger partial charge is 0.452 e. The Bertz CT molecular complexity index is 741. The minimum atomic E-state index is -0.550. The Hall–Kier alpha value is -1.89. The minimum Gasteiger partial charge on any atom is -0.452 e. The van der Waals surface area contributed by atoms with E-state index in [0.717, 1.165) is 36.2 Å². The molecule has 27 heavy (non-hydrogen) atoms. The molecule has 1 aliphatic heterocycles. The third kappa shape index (κ3) is 4.34. The van der Waals surface area contributed by atoms with Crippen molar-refractivity contribution >= 4 is 34.1 Å². The van der Waals surface area contributed by atoms with E-state index in [1.165, 1.54) is 37.5 Å². The quantitative estimate of drug-likeness (QED) is 0.794. The third-order valence-corrected chi connectivity index (χ3v) is 6.89. The van der Waals surface area contributed by atoms with Crippen LogP contribution in [0.15, 0.2) is 0 Å². The zero-order valence-electron chi connectivity index (χ0n) is 16.3. The fourth-order valence-electron chi connectivity index (χ4n) is 4.34. The van der Waals surface area contributed by atoms with Gasteiger partial charge in [0.05, 0.1) is 5.56 Å². The molecule has 0 spiro atoms. The van der Waals surface area contributed by atoms with Crippen molar-refractivity contribution in [2.75, 3.05) is 18.5 Å². The summed E-state index contributed by atoms with van der Waals surface area (Å²) in [5.74, 6) is -0.296. The lowest BCUT2D eigenvalue weighted by molar-refractivity contribution is -0.140. The maximum absolute atomic E-state index is 12.7. The van der Waals surface area contributed by atoms with E-state index in [1.807, 2.05) is 18.7 Å². The standard InChI is InChI=1S/C20H28N2O4S/c1-12-13(2)27-19(21-14(3)23)18(12)20(25)26-11-17(24)22-10-6-8-15-7-4-5-9-16(15)22/h15-16H,4-11H2,1-3H3,(H,21,23)/t15-,16-/m1/s1. The second kappa shape index (κ2) is 8.42. The summed E-state index contributed by atoms with van der Waals surface area (Å²) in [5, 5.41) is 3.17. The number of carbonyl (C=O) groups is 3. The highest BCUT2D eigenvalue weighted by Crippen LogP contribution is 2.36. The lowest BCUT2D eigenvalue weighted by atomic mass is 9.78. The van der Waals surface area contributed by atoms with E-state index >= 15 is 0 Å². The highest BCUT2D eigenvalue weighted by molar-refractivity contribution is 7.16. The molecule has 1 aromatic heterocycles. The molecule has 1 aromatic rings. The van der Waals surface area contributed by atoms with Gasteiger partial charge in [-0.05, 0) is 51.0 Å². The smallest absolute Gasteiger partial charge is 0.341 e. The first-order valence-corrected chi connectivity index (χ1v) is 10.5. The van der Waals surface area contributed by atoms with E-state index < -0.39 is 5.97 Å². The zero-order valence-corrected chi connectivity index (χ0v) is 17.1. The van der Waals surface area contributed by atoms with Crippen LogP contribution in [-0.2, 0) is 14.3 Å². The van der Waals surface area contributed by atoms with Gasteiger partial charge in [0.1, 0.15) is 5.00 Å². The SMILES string of the molecule is CC(=O)Nc1sc(C)c(C)c1C(=O)OCC(=O)N1CCC[C@H]2CCCC[C@H]21. The van der Waals surface area contributed by atoms with Gasteiger partial charge in [0, 0.05) is 24.4 Å². The van der Waals surface area contributed by atoms with E-state index in [4.69, 9.17) is 4.74 Å². The van der Waals surface area contributed by atoms with E-state index in [2.05, 4.69) is 5.32 Å². The van der Waals surface area contributed by atoms with Gasteiger partial charge >= 0.3 is 5.97 Å². The van der Waals surface area contributed by atoms with Crippen LogP contribution in [0, 0.1) is 19.8 Å². The van der Waals surface area contributed by atoms with Crippen LogP contribution >= 0.6 is 11.3 Å². The molecule has 0 bridgehead atoms. The molecule has 1 saturated carbocycles. The number of likely N-dealkylation sites (tertiary alicyclic amines) is 1. The number of amides is 2. The first-order chi connectivity index (χ1) is 12.9. The van der Waals surface area contributed by atoms with E-state index in [9.17, 15) is 14.4 Å². The summed E-state index contributed by atoms with van der Waals surface area (Å²) in [6.45, 7) is 5.64. The molecule has 148 valence electrons. The highest BCUT2D eigenvalue weighted by Gasteiger charge is 2.36. The summed E-state index contributed by atoms with van der Waals surface area (Å²) in [5.41, 5.74) is 1.14. The molecular formula is C20H28N2O4S. The number of anilines is 1. The van der Waals surface area contributed by atoms with Crippen molar-refractivity contribution in [1.82, 2.24) is 4.90 Å². The van der Waals surface area contributed by atoms with Gasteiger partial charge in [0.15, 0.2) is 6.61 Å². The zero-order chi connectivity index (χ0) is 19.6. The summed E-state index contributed by atoms with van der Waals surface area (Å²) in [6.07, 6.45) is 6.89. The molecule has 7 heteroatoms. The summed E-state index contributed by atoms with van der Waals surface area (Å²) in [7, 11) is 0. The lowest BCUT2D eigenvalue weighted by Crippen LogP contribution is -2.50. The molecule has 0 aromatic carbocycles. The monoisotopic (exact) mass is 392 g/mol. The molecule has 2 atom stereocenters. The van der Waals surface area contributed by atoms with Crippen LogP contribution < -0.4 is 5.32 Å². The normalized spacial score (nSPS) is 22.1. The second-order valence-electron chi connectivity index (χ2n) is 7.59.